The van der Waals surface area contributed by atoms with Crippen molar-refractivity contribution in [1.82, 2.24) is 0 Å². The molecule has 1 N–H and O–H groups in total. The molecule has 0 bridgehead atoms. The fourth-order valence-electron chi connectivity index (χ4n) is 1.21. The van der Waals surface area contributed by atoms with E-state index >= 15 is 0 Å². The highest BCUT2D eigenvalue weighted by Gasteiger charge is 2.12. The quantitative estimate of drug-likeness (QED) is 0.648. The number of anilines is 1. The molecule has 92 valence electrons. The van der Waals surface area contributed by atoms with Gasteiger partial charge in [-0.1, -0.05) is 6.07 Å². The first-order chi connectivity index (χ1) is 7.90. The van der Waals surface area contributed by atoms with E-state index < -0.39 is 11.0 Å². The van der Waals surface area contributed by atoms with Gasteiger partial charge in [0.25, 0.3) is 5.69 Å². The van der Waals surface area contributed by atoms with Gasteiger partial charge < -0.3 is 4.74 Å². The maximum Gasteiger partial charge on any atom is 0.411 e. The van der Waals surface area contributed by atoms with E-state index in [9.17, 15) is 14.9 Å². The lowest BCUT2D eigenvalue weighted by Gasteiger charge is -2.11. The second kappa shape index (κ2) is 5.29. The van der Waals surface area contributed by atoms with Crippen molar-refractivity contribution in [3.8, 4) is 0 Å². The molecule has 0 aliphatic carbocycles. The second-order valence-corrected chi connectivity index (χ2v) is 3.84. The van der Waals surface area contributed by atoms with Crippen LogP contribution in [0.3, 0.4) is 0 Å². The molecule has 6 nitrogen and oxygen atoms in total. The molecule has 6 heteroatoms. The Labute approximate surface area is 98.7 Å². The minimum absolute atomic E-state index is 0.0737. The first-order valence-corrected chi connectivity index (χ1v) is 5.13. The molecular formula is C11H14N2O4. The number of nitrogens with zero attached hydrogens (tertiary/aromatic N) is 1. The number of amides is 1. The van der Waals surface area contributed by atoms with Crippen molar-refractivity contribution in [3.63, 3.8) is 0 Å². The molecule has 1 aromatic carbocycles. The molecule has 0 radical (unpaired) electrons. The lowest BCUT2D eigenvalue weighted by atomic mass is 10.2. The maximum atomic E-state index is 11.4. The van der Waals surface area contributed by atoms with E-state index in [-0.39, 0.29) is 11.8 Å². The van der Waals surface area contributed by atoms with E-state index in [1.165, 1.54) is 12.1 Å². The summed E-state index contributed by atoms with van der Waals surface area (Å²) in [6.45, 7) is 5.19. The molecule has 0 saturated heterocycles. The molecule has 0 aromatic heterocycles. The molecule has 1 rings (SSSR count). The smallest absolute Gasteiger partial charge is 0.411 e. The fraction of sp³-hybridized carbons (Fsp3) is 0.364. The van der Waals surface area contributed by atoms with E-state index in [1.807, 2.05) is 0 Å². The van der Waals surface area contributed by atoms with Crippen LogP contribution in [0.15, 0.2) is 18.2 Å². The average molecular weight is 238 g/mol. The molecule has 0 aliphatic heterocycles. The number of rotatable bonds is 3. The monoisotopic (exact) mass is 238 g/mol. The van der Waals surface area contributed by atoms with Crippen molar-refractivity contribution >= 4 is 17.5 Å². The zero-order valence-electron chi connectivity index (χ0n) is 9.89. The van der Waals surface area contributed by atoms with Crippen molar-refractivity contribution in [3.05, 3.63) is 33.9 Å². The Bertz CT molecular complexity index is 443. The van der Waals surface area contributed by atoms with Crippen LogP contribution < -0.4 is 5.32 Å². The number of carbonyl (C=O) groups is 1. The molecule has 0 spiro atoms. The number of non-ortho nitro benzene ring substituents is 1. The Morgan fingerprint density at radius 2 is 2.12 bits per heavy atom. The predicted molar refractivity (Wildman–Crippen MR) is 63.1 cm³/mol. The summed E-state index contributed by atoms with van der Waals surface area (Å²) in [5.41, 5.74) is 1.04. The molecule has 17 heavy (non-hydrogen) atoms. The standard InChI is InChI=1S/C11H14N2O4/c1-7(2)17-11(14)12-10-6-9(13(15)16)5-4-8(10)3/h4-7H,1-3H3,(H,12,14). The van der Waals surface area contributed by atoms with Crippen LogP contribution in [-0.4, -0.2) is 17.1 Å². The topological polar surface area (TPSA) is 81.5 Å². The lowest BCUT2D eigenvalue weighted by molar-refractivity contribution is -0.384. The summed E-state index contributed by atoms with van der Waals surface area (Å²) in [6.07, 6.45) is -0.863. The highest BCUT2D eigenvalue weighted by Crippen LogP contribution is 2.21. The molecular weight excluding hydrogens is 224 g/mol. The number of hydrogen-bond donors (Lipinski definition) is 1. The fourth-order valence-corrected chi connectivity index (χ4v) is 1.21. The average Bonchev–Trinajstić information content (AvgIpc) is 2.19. The second-order valence-electron chi connectivity index (χ2n) is 3.84. The Kier molecular flexibility index (Phi) is 4.03. The van der Waals surface area contributed by atoms with Gasteiger partial charge in [-0.25, -0.2) is 4.79 Å². The van der Waals surface area contributed by atoms with Crippen molar-refractivity contribution in [2.45, 2.75) is 26.9 Å². The van der Waals surface area contributed by atoms with E-state index in [0.29, 0.717) is 5.69 Å². The Morgan fingerprint density at radius 1 is 1.47 bits per heavy atom. The van der Waals surface area contributed by atoms with Crippen LogP contribution in [0.4, 0.5) is 16.2 Å². The third-order valence-corrected chi connectivity index (χ3v) is 2.01. The van der Waals surface area contributed by atoms with E-state index in [2.05, 4.69) is 5.32 Å². The van der Waals surface area contributed by atoms with Crippen LogP contribution >= 0.6 is 0 Å². The summed E-state index contributed by atoms with van der Waals surface area (Å²) < 4.78 is 4.89. The number of nitro groups is 1. The molecule has 0 fully saturated rings. The van der Waals surface area contributed by atoms with Gasteiger partial charge >= 0.3 is 6.09 Å². The number of aryl methyl sites for hydroxylation is 1. The van der Waals surface area contributed by atoms with Crippen LogP contribution in [0.1, 0.15) is 19.4 Å². The first-order valence-electron chi connectivity index (χ1n) is 5.13. The van der Waals surface area contributed by atoms with Crippen LogP contribution in [-0.2, 0) is 4.74 Å². The molecule has 1 amide bonds. The van der Waals surface area contributed by atoms with Crippen molar-refractivity contribution < 1.29 is 14.5 Å². The van der Waals surface area contributed by atoms with Crippen LogP contribution in [0.2, 0.25) is 0 Å². The normalized spacial score (nSPS) is 10.1. The summed E-state index contributed by atoms with van der Waals surface area (Å²) in [7, 11) is 0. The van der Waals surface area contributed by atoms with Gasteiger partial charge in [-0.15, -0.1) is 0 Å². The van der Waals surface area contributed by atoms with Crippen molar-refractivity contribution in [1.29, 1.82) is 0 Å². The van der Waals surface area contributed by atoms with Crippen LogP contribution in [0, 0.1) is 17.0 Å². The van der Waals surface area contributed by atoms with Gasteiger partial charge in [0.1, 0.15) is 0 Å². The van der Waals surface area contributed by atoms with Crippen LogP contribution in [0.5, 0.6) is 0 Å². The number of benzene rings is 1. The van der Waals surface area contributed by atoms with E-state index in [1.54, 1.807) is 26.8 Å². The summed E-state index contributed by atoms with van der Waals surface area (Å²) in [4.78, 5) is 21.4. The Balaban J connectivity index is 2.86. The number of nitro benzene ring substituents is 1. The molecule has 0 atom stereocenters. The molecule has 0 saturated carbocycles. The van der Waals surface area contributed by atoms with Gasteiger partial charge in [0.05, 0.1) is 16.7 Å². The molecule has 0 unspecified atom stereocenters. The lowest BCUT2D eigenvalue weighted by Crippen LogP contribution is -2.18. The van der Waals surface area contributed by atoms with Gasteiger partial charge in [0.15, 0.2) is 0 Å². The number of ether oxygens (including phenoxy) is 1. The SMILES string of the molecule is Cc1ccc([N+](=O)[O-])cc1NC(=O)OC(C)C. The minimum Gasteiger partial charge on any atom is -0.447 e. The van der Waals surface area contributed by atoms with Crippen molar-refractivity contribution in [2.24, 2.45) is 0 Å². The number of hydrogen-bond acceptors (Lipinski definition) is 4. The molecule has 1 aromatic rings. The van der Waals surface area contributed by atoms with Gasteiger partial charge in [-0.05, 0) is 26.3 Å². The summed E-state index contributed by atoms with van der Waals surface area (Å²) in [6, 6.07) is 4.26. The number of carbonyl (C=O) groups excluding carboxylic acids is 1. The summed E-state index contributed by atoms with van der Waals surface area (Å²) in [5.74, 6) is 0. The highest BCUT2D eigenvalue weighted by molar-refractivity contribution is 5.86. The molecule has 0 aliphatic rings. The Hall–Kier alpha value is -2.11. The van der Waals surface area contributed by atoms with Gasteiger partial charge in [0.2, 0.25) is 0 Å². The van der Waals surface area contributed by atoms with Crippen molar-refractivity contribution in [2.75, 3.05) is 5.32 Å². The van der Waals surface area contributed by atoms with Gasteiger partial charge in [0, 0.05) is 12.1 Å². The largest absolute Gasteiger partial charge is 0.447 e. The summed E-state index contributed by atoms with van der Waals surface area (Å²) in [5, 5.41) is 13.1. The van der Waals surface area contributed by atoms with Gasteiger partial charge in [-0.3, -0.25) is 15.4 Å². The van der Waals surface area contributed by atoms with E-state index in [4.69, 9.17) is 4.74 Å². The maximum absolute atomic E-state index is 11.4. The summed E-state index contributed by atoms with van der Waals surface area (Å²) >= 11 is 0. The third kappa shape index (κ3) is 3.75. The zero-order valence-corrected chi connectivity index (χ0v) is 9.89. The predicted octanol–water partition coefficient (Wildman–Crippen LogP) is 2.86. The minimum atomic E-state index is -0.622. The first kappa shape index (κ1) is 13.0. The Morgan fingerprint density at radius 3 is 2.65 bits per heavy atom. The molecule has 0 heterocycles. The zero-order chi connectivity index (χ0) is 13.0. The highest BCUT2D eigenvalue weighted by atomic mass is 16.6. The van der Waals surface area contributed by atoms with Crippen LogP contribution in [0.25, 0.3) is 0 Å². The third-order valence-electron chi connectivity index (χ3n) is 2.01. The van der Waals surface area contributed by atoms with E-state index in [0.717, 1.165) is 5.56 Å². The number of nitrogens with one attached hydrogen (secondary N) is 1. The van der Waals surface area contributed by atoms with Gasteiger partial charge in [-0.2, -0.15) is 0 Å².